The van der Waals surface area contributed by atoms with Gasteiger partial charge in [-0.2, -0.15) is 0 Å². The summed E-state index contributed by atoms with van der Waals surface area (Å²) in [7, 11) is 7.35. The SMILES string of the molecule is COc1ccc(-c2cc(=Nc3c(C)cc(C)cc3C)n(C)c(N(C)Cc3ccccc3)n2)cc1OC. The Morgan fingerprint density at radius 1 is 0.861 bits per heavy atom. The molecule has 0 amide bonds. The van der Waals surface area contributed by atoms with Crippen LogP contribution in [0.3, 0.4) is 0 Å². The number of methoxy groups -OCH3 is 2. The maximum absolute atomic E-state index is 5.56. The number of nitrogens with zero attached hydrogens (tertiary/aromatic N) is 4. The van der Waals surface area contributed by atoms with Crippen molar-refractivity contribution in [2.45, 2.75) is 27.3 Å². The molecule has 6 nitrogen and oxygen atoms in total. The maximum atomic E-state index is 5.56. The lowest BCUT2D eigenvalue weighted by molar-refractivity contribution is 0.355. The Morgan fingerprint density at radius 2 is 1.53 bits per heavy atom. The first-order chi connectivity index (χ1) is 17.3. The zero-order valence-corrected chi connectivity index (χ0v) is 22.2. The molecule has 0 radical (unpaired) electrons. The number of hydrogen-bond acceptors (Lipinski definition) is 5. The van der Waals surface area contributed by atoms with Crippen molar-refractivity contribution in [1.29, 1.82) is 0 Å². The monoisotopic (exact) mass is 482 g/mol. The normalized spacial score (nSPS) is 11.5. The summed E-state index contributed by atoms with van der Waals surface area (Å²) < 4.78 is 13.0. The Labute approximate surface area is 213 Å². The van der Waals surface area contributed by atoms with Gasteiger partial charge in [-0.25, -0.2) is 9.98 Å². The van der Waals surface area contributed by atoms with Gasteiger partial charge in [0, 0.05) is 32.3 Å². The van der Waals surface area contributed by atoms with Gasteiger partial charge in [-0.05, 0) is 55.7 Å². The molecule has 6 heteroatoms. The lowest BCUT2D eigenvalue weighted by atomic mass is 10.1. The topological polar surface area (TPSA) is 51.9 Å². The molecular weight excluding hydrogens is 448 g/mol. The first-order valence-electron chi connectivity index (χ1n) is 12.0. The highest BCUT2D eigenvalue weighted by molar-refractivity contribution is 5.65. The predicted octanol–water partition coefficient (Wildman–Crippen LogP) is 5.90. The van der Waals surface area contributed by atoms with Crippen LogP contribution < -0.4 is 19.9 Å². The molecular formula is C30H34N4O2. The molecule has 4 rings (SSSR count). The molecule has 0 bridgehead atoms. The van der Waals surface area contributed by atoms with E-state index in [1.807, 2.05) is 41.9 Å². The zero-order chi connectivity index (χ0) is 25.8. The van der Waals surface area contributed by atoms with Gasteiger partial charge in [-0.1, -0.05) is 48.0 Å². The van der Waals surface area contributed by atoms with Gasteiger partial charge >= 0.3 is 0 Å². The van der Waals surface area contributed by atoms with Gasteiger partial charge in [-0.15, -0.1) is 0 Å². The minimum absolute atomic E-state index is 0.660. The van der Waals surface area contributed by atoms with Crippen LogP contribution in [0, 0.1) is 20.8 Å². The predicted molar refractivity (Wildman–Crippen MR) is 146 cm³/mol. The molecule has 186 valence electrons. The number of aryl methyl sites for hydroxylation is 3. The quantitative estimate of drug-likeness (QED) is 0.329. The van der Waals surface area contributed by atoms with E-state index in [4.69, 9.17) is 19.5 Å². The van der Waals surface area contributed by atoms with Crippen LogP contribution in [-0.4, -0.2) is 30.8 Å². The molecule has 0 atom stereocenters. The van der Waals surface area contributed by atoms with E-state index in [0.29, 0.717) is 11.5 Å². The smallest absolute Gasteiger partial charge is 0.207 e. The zero-order valence-electron chi connectivity index (χ0n) is 22.2. The van der Waals surface area contributed by atoms with E-state index in [2.05, 4.69) is 69.1 Å². The van der Waals surface area contributed by atoms with Crippen LogP contribution in [-0.2, 0) is 13.6 Å². The number of benzene rings is 3. The molecule has 0 aliphatic heterocycles. The minimum Gasteiger partial charge on any atom is -0.493 e. The van der Waals surface area contributed by atoms with Crippen molar-refractivity contribution in [1.82, 2.24) is 9.55 Å². The minimum atomic E-state index is 0.660. The third kappa shape index (κ3) is 5.28. The van der Waals surface area contributed by atoms with E-state index in [1.165, 1.54) is 11.1 Å². The first-order valence-corrected chi connectivity index (χ1v) is 12.0. The van der Waals surface area contributed by atoms with Crippen LogP contribution in [0.5, 0.6) is 11.5 Å². The molecule has 1 heterocycles. The van der Waals surface area contributed by atoms with Crippen LogP contribution in [0.15, 0.2) is 71.7 Å². The molecule has 0 unspecified atom stereocenters. The molecule has 0 aliphatic rings. The third-order valence-corrected chi connectivity index (χ3v) is 6.27. The Bertz CT molecular complexity index is 1420. The van der Waals surface area contributed by atoms with Gasteiger partial charge in [0.05, 0.1) is 25.6 Å². The van der Waals surface area contributed by atoms with Crippen LogP contribution in [0.1, 0.15) is 22.3 Å². The highest BCUT2D eigenvalue weighted by Gasteiger charge is 2.14. The summed E-state index contributed by atoms with van der Waals surface area (Å²) in [5, 5.41) is 0. The number of aromatic nitrogens is 2. The fraction of sp³-hybridized carbons (Fsp3) is 0.267. The average molecular weight is 483 g/mol. The standard InChI is InChI=1S/C30H34N4O2/c1-20-15-21(2)29(22(3)16-20)32-28-18-25(24-13-14-26(35-6)27(17-24)36-7)31-30(34(28)5)33(4)19-23-11-9-8-10-12-23/h8-18H,19H2,1-7H3. The fourth-order valence-corrected chi connectivity index (χ4v) is 4.52. The number of anilines is 1. The van der Waals surface area contributed by atoms with Crippen LogP contribution in [0.4, 0.5) is 11.6 Å². The van der Waals surface area contributed by atoms with Gasteiger partial charge in [0.25, 0.3) is 0 Å². The van der Waals surface area contributed by atoms with Crippen molar-refractivity contribution in [3.05, 3.63) is 94.5 Å². The van der Waals surface area contributed by atoms with Crippen molar-refractivity contribution < 1.29 is 9.47 Å². The summed E-state index contributed by atoms with van der Waals surface area (Å²) in [6, 6.07) is 22.6. The van der Waals surface area contributed by atoms with Crippen molar-refractivity contribution in [3.63, 3.8) is 0 Å². The van der Waals surface area contributed by atoms with Crippen molar-refractivity contribution >= 4 is 11.6 Å². The molecule has 0 aliphatic carbocycles. The Hall–Kier alpha value is -4.06. The second kappa shape index (κ2) is 10.7. The maximum Gasteiger partial charge on any atom is 0.207 e. The van der Waals surface area contributed by atoms with Crippen LogP contribution in [0.25, 0.3) is 11.3 Å². The van der Waals surface area contributed by atoms with Gasteiger partial charge in [0.1, 0.15) is 5.49 Å². The number of rotatable bonds is 7. The van der Waals surface area contributed by atoms with E-state index >= 15 is 0 Å². The van der Waals surface area contributed by atoms with Gasteiger partial charge in [0.15, 0.2) is 11.5 Å². The molecule has 3 aromatic carbocycles. The van der Waals surface area contributed by atoms with Crippen molar-refractivity contribution in [2.24, 2.45) is 12.0 Å². The molecule has 1 aromatic heterocycles. The number of hydrogen-bond donors (Lipinski definition) is 0. The molecule has 0 saturated carbocycles. The Morgan fingerprint density at radius 3 is 2.17 bits per heavy atom. The van der Waals surface area contributed by atoms with Gasteiger partial charge < -0.3 is 14.4 Å². The van der Waals surface area contributed by atoms with Crippen molar-refractivity contribution in [3.8, 4) is 22.8 Å². The molecule has 4 aromatic rings. The van der Waals surface area contributed by atoms with E-state index in [-0.39, 0.29) is 0 Å². The van der Waals surface area contributed by atoms with Gasteiger partial charge in [-0.3, -0.25) is 4.57 Å². The first kappa shape index (κ1) is 25.0. The molecule has 36 heavy (non-hydrogen) atoms. The Kier molecular flexibility index (Phi) is 7.44. The molecule has 0 N–H and O–H groups in total. The van der Waals surface area contributed by atoms with Crippen LogP contribution in [0.2, 0.25) is 0 Å². The van der Waals surface area contributed by atoms with E-state index in [9.17, 15) is 0 Å². The highest BCUT2D eigenvalue weighted by Crippen LogP contribution is 2.32. The lowest BCUT2D eigenvalue weighted by Crippen LogP contribution is -2.29. The third-order valence-electron chi connectivity index (χ3n) is 6.27. The second-order valence-corrected chi connectivity index (χ2v) is 9.13. The second-order valence-electron chi connectivity index (χ2n) is 9.13. The molecule has 0 spiro atoms. The summed E-state index contributed by atoms with van der Waals surface area (Å²) in [5.74, 6) is 2.15. The summed E-state index contributed by atoms with van der Waals surface area (Å²) >= 11 is 0. The Balaban J connectivity index is 1.92. The summed E-state index contributed by atoms with van der Waals surface area (Å²) in [6.45, 7) is 7.05. The highest BCUT2D eigenvalue weighted by atomic mass is 16.5. The average Bonchev–Trinajstić information content (AvgIpc) is 2.87. The van der Waals surface area contributed by atoms with E-state index in [0.717, 1.165) is 46.1 Å². The van der Waals surface area contributed by atoms with Crippen LogP contribution >= 0.6 is 0 Å². The van der Waals surface area contributed by atoms with E-state index in [1.54, 1.807) is 14.2 Å². The molecule has 0 fully saturated rings. The lowest BCUT2D eigenvalue weighted by Gasteiger charge is -2.22. The van der Waals surface area contributed by atoms with E-state index < -0.39 is 0 Å². The summed E-state index contributed by atoms with van der Waals surface area (Å²) in [6.07, 6.45) is 0. The van der Waals surface area contributed by atoms with Crippen molar-refractivity contribution in [2.75, 3.05) is 26.2 Å². The largest absolute Gasteiger partial charge is 0.493 e. The number of ether oxygens (including phenoxy) is 2. The van der Waals surface area contributed by atoms with Gasteiger partial charge in [0.2, 0.25) is 5.95 Å². The molecule has 0 saturated heterocycles. The fourth-order valence-electron chi connectivity index (χ4n) is 4.52. The summed E-state index contributed by atoms with van der Waals surface area (Å²) in [4.78, 5) is 12.3. The summed E-state index contributed by atoms with van der Waals surface area (Å²) in [5.41, 5.74) is 8.28.